The summed E-state index contributed by atoms with van der Waals surface area (Å²) >= 11 is 0. The van der Waals surface area contributed by atoms with Crippen molar-refractivity contribution in [3.05, 3.63) is 66.3 Å². The second kappa shape index (κ2) is 7.18. The van der Waals surface area contributed by atoms with Gasteiger partial charge in [-0.1, -0.05) is 0 Å². The Hall–Kier alpha value is -3.48. The molecular weight excluding hydrogens is 330 g/mol. The maximum atomic E-state index is 12.5. The number of H-pyrrole nitrogens is 1. The molecule has 130 valence electrons. The topological polar surface area (TPSA) is 96.7 Å². The second-order valence-electron chi connectivity index (χ2n) is 5.83. The lowest BCUT2D eigenvalue weighted by Gasteiger charge is -2.06. The minimum absolute atomic E-state index is 0.151. The van der Waals surface area contributed by atoms with E-state index in [1.165, 1.54) is 5.56 Å². The van der Waals surface area contributed by atoms with Crippen LogP contribution in [0.3, 0.4) is 0 Å². The molecule has 4 aromatic rings. The largest absolute Gasteiger partial charge is 0.461 e. The first-order valence-corrected chi connectivity index (χ1v) is 8.37. The lowest BCUT2D eigenvalue weighted by Crippen LogP contribution is -2.25. The number of nitrogens with zero attached hydrogens (tertiary/aromatic N) is 3. The number of aryl methyl sites for hydroxylation is 1. The first kappa shape index (κ1) is 16.0. The van der Waals surface area contributed by atoms with Crippen LogP contribution in [0, 0.1) is 0 Å². The molecular formula is C19H17N5O2. The molecule has 0 aliphatic rings. The molecule has 1 amide bonds. The van der Waals surface area contributed by atoms with E-state index in [1.807, 2.05) is 12.1 Å². The summed E-state index contributed by atoms with van der Waals surface area (Å²) < 4.78 is 5.34. The number of fused-ring (bicyclic) bond motifs is 1. The number of aromatic nitrogens is 4. The number of carbonyl (C=O) groups is 1. The van der Waals surface area contributed by atoms with Crippen molar-refractivity contribution in [3.63, 3.8) is 0 Å². The van der Waals surface area contributed by atoms with Gasteiger partial charge in [0.15, 0.2) is 17.2 Å². The number of carbonyl (C=O) groups excluding carboxylic acids is 1. The van der Waals surface area contributed by atoms with Gasteiger partial charge in [-0.2, -0.15) is 0 Å². The van der Waals surface area contributed by atoms with Crippen LogP contribution in [0.2, 0.25) is 0 Å². The van der Waals surface area contributed by atoms with Crippen LogP contribution in [0.5, 0.6) is 0 Å². The molecule has 0 aliphatic carbocycles. The summed E-state index contributed by atoms with van der Waals surface area (Å²) in [5.41, 5.74) is 2.81. The molecule has 4 aromatic heterocycles. The zero-order valence-electron chi connectivity index (χ0n) is 14.0. The number of hydrogen-bond donors (Lipinski definition) is 2. The summed E-state index contributed by atoms with van der Waals surface area (Å²) in [6.07, 6.45) is 8.45. The Labute approximate surface area is 149 Å². The van der Waals surface area contributed by atoms with E-state index in [1.54, 1.807) is 43.1 Å². The highest BCUT2D eigenvalue weighted by molar-refractivity contribution is 6.04. The van der Waals surface area contributed by atoms with Crippen molar-refractivity contribution in [2.75, 3.05) is 6.54 Å². The van der Waals surface area contributed by atoms with Crippen LogP contribution in [0.4, 0.5) is 0 Å². The highest BCUT2D eigenvalue weighted by Crippen LogP contribution is 2.21. The zero-order chi connectivity index (χ0) is 17.8. The predicted molar refractivity (Wildman–Crippen MR) is 96.5 cm³/mol. The van der Waals surface area contributed by atoms with E-state index < -0.39 is 0 Å². The van der Waals surface area contributed by atoms with Crippen LogP contribution in [0.25, 0.3) is 22.7 Å². The van der Waals surface area contributed by atoms with Gasteiger partial charge < -0.3 is 14.7 Å². The summed E-state index contributed by atoms with van der Waals surface area (Å²) in [5.74, 6) is 1.00. The first-order valence-electron chi connectivity index (χ1n) is 8.37. The lowest BCUT2D eigenvalue weighted by molar-refractivity contribution is 0.0954. The SMILES string of the molecule is O=C(NCCCc1ccncc1)c1ccnc2nc(-c3ccco3)[nH]c12. The van der Waals surface area contributed by atoms with Crippen molar-refractivity contribution >= 4 is 17.1 Å². The average Bonchev–Trinajstić information content (AvgIpc) is 3.34. The normalized spacial score (nSPS) is 10.9. The number of imidazole rings is 1. The monoisotopic (exact) mass is 347 g/mol. The van der Waals surface area contributed by atoms with Gasteiger partial charge in [-0.05, 0) is 48.7 Å². The number of amides is 1. The van der Waals surface area contributed by atoms with Gasteiger partial charge in [-0.15, -0.1) is 0 Å². The molecule has 0 aromatic carbocycles. The van der Waals surface area contributed by atoms with E-state index in [2.05, 4.69) is 25.3 Å². The second-order valence-corrected chi connectivity index (χ2v) is 5.83. The molecule has 0 radical (unpaired) electrons. The third kappa shape index (κ3) is 3.32. The molecule has 2 N–H and O–H groups in total. The van der Waals surface area contributed by atoms with E-state index in [0.29, 0.717) is 34.9 Å². The highest BCUT2D eigenvalue weighted by atomic mass is 16.3. The number of hydrogen-bond acceptors (Lipinski definition) is 5. The van der Waals surface area contributed by atoms with Gasteiger partial charge >= 0.3 is 0 Å². The maximum absolute atomic E-state index is 12.5. The predicted octanol–water partition coefficient (Wildman–Crippen LogP) is 2.98. The van der Waals surface area contributed by atoms with Crippen LogP contribution >= 0.6 is 0 Å². The van der Waals surface area contributed by atoms with Crippen LogP contribution in [0.15, 0.2) is 59.6 Å². The third-order valence-corrected chi connectivity index (χ3v) is 4.07. The summed E-state index contributed by atoms with van der Waals surface area (Å²) in [7, 11) is 0. The van der Waals surface area contributed by atoms with Crippen molar-refractivity contribution in [1.82, 2.24) is 25.3 Å². The number of nitrogens with one attached hydrogen (secondary N) is 2. The van der Waals surface area contributed by atoms with Crippen LogP contribution in [-0.2, 0) is 6.42 Å². The van der Waals surface area contributed by atoms with Gasteiger partial charge in [0.25, 0.3) is 5.91 Å². The molecule has 0 saturated heterocycles. The Balaban J connectivity index is 1.45. The molecule has 0 saturated carbocycles. The minimum Gasteiger partial charge on any atom is -0.461 e. The summed E-state index contributed by atoms with van der Waals surface area (Å²) in [6, 6.07) is 9.23. The van der Waals surface area contributed by atoms with E-state index in [0.717, 1.165) is 12.8 Å². The Morgan fingerprint density at radius 1 is 1.15 bits per heavy atom. The van der Waals surface area contributed by atoms with E-state index in [-0.39, 0.29) is 5.91 Å². The van der Waals surface area contributed by atoms with Gasteiger partial charge in [-0.3, -0.25) is 9.78 Å². The molecule has 0 spiro atoms. The molecule has 0 unspecified atom stereocenters. The molecule has 26 heavy (non-hydrogen) atoms. The minimum atomic E-state index is -0.151. The van der Waals surface area contributed by atoms with Crippen molar-refractivity contribution in [2.24, 2.45) is 0 Å². The maximum Gasteiger partial charge on any atom is 0.253 e. The van der Waals surface area contributed by atoms with Gasteiger partial charge in [0.2, 0.25) is 0 Å². The van der Waals surface area contributed by atoms with Gasteiger partial charge in [0, 0.05) is 25.1 Å². The number of pyridine rings is 2. The van der Waals surface area contributed by atoms with Crippen molar-refractivity contribution < 1.29 is 9.21 Å². The van der Waals surface area contributed by atoms with Crippen molar-refractivity contribution in [1.29, 1.82) is 0 Å². The quantitative estimate of drug-likeness (QED) is 0.523. The molecule has 0 atom stereocenters. The van der Waals surface area contributed by atoms with E-state index in [4.69, 9.17) is 4.42 Å². The number of furan rings is 1. The fourth-order valence-electron chi connectivity index (χ4n) is 2.77. The molecule has 4 rings (SSSR count). The molecule has 4 heterocycles. The smallest absolute Gasteiger partial charge is 0.253 e. The van der Waals surface area contributed by atoms with Gasteiger partial charge in [-0.25, -0.2) is 9.97 Å². The van der Waals surface area contributed by atoms with Crippen LogP contribution in [0.1, 0.15) is 22.3 Å². The Morgan fingerprint density at radius 2 is 2.04 bits per heavy atom. The van der Waals surface area contributed by atoms with Crippen LogP contribution < -0.4 is 5.32 Å². The molecule has 7 nitrogen and oxygen atoms in total. The van der Waals surface area contributed by atoms with Gasteiger partial charge in [0.1, 0.15) is 0 Å². The molecule has 7 heteroatoms. The Bertz CT molecular complexity index is 1010. The lowest BCUT2D eigenvalue weighted by atomic mass is 10.1. The highest BCUT2D eigenvalue weighted by Gasteiger charge is 2.15. The van der Waals surface area contributed by atoms with Gasteiger partial charge in [0.05, 0.1) is 17.3 Å². The Morgan fingerprint density at radius 3 is 2.85 bits per heavy atom. The average molecular weight is 347 g/mol. The van der Waals surface area contributed by atoms with Crippen molar-refractivity contribution in [2.45, 2.75) is 12.8 Å². The van der Waals surface area contributed by atoms with E-state index >= 15 is 0 Å². The molecule has 0 bridgehead atoms. The number of rotatable bonds is 6. The zero-order valence-corrected chi connectivity index (χ0v) is 14.0. The molecule has 0 fully saturated rings. The fraction of sp³-hybridized carbons (Fsp3) is 0.158. The van der Waals surface area contributed by atoms with E-state index in [9.17, 15) is 4.79 Å². The molecule has 0 aliphatic heterocycles. The third-order valence-electron chi connectivity index (χ3n) is 4.07. The standard InChI is InChI=1S/C19H17N5O2/c25-19(22-8-1-3-13-5-9-20-10-6-13)14-7-11-21-18-16(14)23-17(24-18)15-4-2-12-26-15/h2,4-7,9-12H,1,3,8H2,(H,22,25)(H,21,23,24). The Kier molecular flexibility index (Phi) is 4.42. The summed E-state index contributed by atoms with van der Waals surface area (Å²) in [5, 5.41) is 2.95. The van der Waals surface area contributed by atoms with Crippen LogP contribution in [-0.4, -0.2) is 32.4 Å². The fourth-order valence-corrected chi connectivity index (χ4v) is 2.77. The summed E-state index contributed by atoms with van der Waals surface area (Å²) in [6.45, 7) is 0.587. The summed E-state index contributed by atoms with van der Waals surface area (Å²) in [4.78, 5) is 28.3. The first-order chi connectivity index (χ1) is 12.8. The van der Waals surface area contributed by atoms with Crippen molar-refractivity contribution in [3.8, 4) is 11.6 Å². The number of aromatic amines is 1.